The second-order valence-electron chi connectivity index (χ2n) is 3.93. The Balaban J connectivity index is 2.22. The van der Waals surface area contributed by atoms with Gasteiger partial charge in [-0.3, -0.25) is 4.79 Å². The summed E-state index contributed by atoms with van der Waals surface area (Å²) in [7, 11) is 1.91. The quantitative estimate of drug-likeness (QED) is 0.873. The molecule has 5 nitrogen and oxygen atoms in total. The maximum absolute atomic E-state index is 11.2. The van der Waals surface area contributed by atoms with Gasteiger partial charge < -0.3 is 16.4 Å². The van der Waals surface area contributed by atoms with Crippen LogP contribution in [0.4, 0.5) is 11.5 Å². The van der Waals surface area contributed by atoms with E-state index >= 15 is 0 Å². The van der Waals surface area contributed by atoms with Crippen molar-refractivity contribution in [3.05, 3.63) is 40.2 Å². The first-order chi connectivity index (χ1) is 8.58. The maximum Gasteiger partial charge on any atom is 0.250 e. The maximum atomic E-state index is 11.2. The molecule has 0 saturated carbocycles. The Morgan fingerprint density at radius 1 is 1.56 bits per heavy atom. The lowest BCUT2D eigenvalue weighted by Gasteiger charge is -2.18. The lowest BCUT2D eigenvalue weighted by atomic mass is 10.2. The van der Waals surface area contributed by atoms with Gasteiger partial charge in [0.2, 0.25) is 0 Å². The number of anilines is 2. The van der Waals surface area contributed by atoms with Crippen LogP contribution in [0.15, 0.2) is 29.8 Å². The summed E-state index contributed by atoms with van der Waals surface area (Å²) < 4.78 is 0. The van der Waals surface area contributed by atoms with Crippen LogP contribution in [0.1, 0.15) is 15.2 Å². The average molecular weight is 262 g/mol. The Hall–Kier alpha value is -2.08. The van der Waals surface area contributed by atoms with Gasteiger partial charge in [-0.25, -0.2) is 4.98 Å². The minimum Gasteiger partial charge on any atom is -0.397 e. The average Bonchev–Trinajstić information content (AvgIpc) is 2.81. The third-order valence-electron chi connectivity index (χ3n) is 2.55. The van der Waals surface area contributed by atoms with Gasteiger partial charge in [0.1, 0.15) is 5.82 Å². The second-order valence-corrected chi connectivity index (χ2v) is 4.96. The molecular weight excluding hydrogens is 248 g/mol. The zero-order chi connectivity index (χ0) is 13.1. The molecule has 4 N–H and O–H groups in total. The van der Waals surface area contributed by atoms with Gasteiger partial charge in [-0.05, 0) is 17.5 Å². The van der Waals surface area contributed by atoms with Crippen molar-refractivity contribution in [2.24, 2.45) is 5.73 Å². The Kier molecular flexibility index (Phi) is 3.47. The molecule has 2 heterocycles. The molecule has 0 aliphatic carbocycles. The van der Waals surface area contributed by atoms with Crippen molar-refractivity contribution >= 4 is 28.7 Å². The summed E-state index contributed by atoms with van der Waals surface area (Å²) in [5.74, 6) is 0.132. The molecule has 2 aromatic rings. The molecule has 0 bridgehead atoms. The molecular formula is C12H14N4OS. The molecule has 0 radical (unpaired) electrons. The third-order valence-corrected chi connectivity index (χ3v) is 3.41. The first-order valence-electron chi connectivity index (χ1n) is 5.37. The predicted molar refractivity (Wildman–Crippen MR) is 73.6 cm³/mol. The Morgan fingerprint density at radius 2 is 2.33 bits per heavy atom. The number of hydrogen-bond donors (Lipinski definition) is 2. The minimum absolute atomic E-state index is 0.302. The number of carbonyl (C=O) groups is 1. The highest BCUT2D eigenvalue weighted by Gasteiger charge is 2.11. The lowest BCUT2D eigenvalue weighted by Crippen LogP contribution is -2.19. The number of aromatic nitrogens is 1. The number of primary amides is 1. The van der Waals surface area contributed by atoms with E-state index in [1.165, 1.54) is 11.1 Å². The van der Waals surface area contributed by atoms with Crippen LogP contribution in [-0.4, -0.2) is 17.9 Å². The number of nitrogens with two attached hydrogens (primary N) is 2. The number of pyridine rings is 1. The molecule has 0 aliphatic rings. The molecule has 94 valence electrons. The molecule has 0 aromatic carbocycles. The van der Waals surface area contributed by atoms with Crippen LogP contribution < -0.4 is 16.4 Å². The van der Waals surface area contributed by atoms with Gasteiger partial charge in [-0.1, -0.05) is 6.07 Å². The topological polar surface area (TPSA) is 85.2 Å². The van der Waals surface area contributed by atoms with E-state index in [0.29, 0.717) is 17.1 Å². The summed E-state index contributed by atoms with van der Waals surface area (Å²) in [6, 6.07) is 5.66. The van der Waals surface area contributed by atoms with Crippen molar-refractivity contribution < 1.29 is 4.79 Å². The Bertz CT molecular complexity index is 553. The smallest absolute Gasteiger partial charge is 0.250 e. The van der Waals surface area contributed by atoms with Gasteiger partial charge in [-0.2, -0.15) is 0 Å². The summed E-state index contributed by atoms with van der Waals surface area (Å²) in [5.41, 5.74) is 11.5. The summed E-state index contributed by atoms with van der Waals surface area (Å²) in [4.78, 5) is 18.6. The lowest BCUT2D eigenvalue weighted by molar-refractivity contribution is 0.100. The molecule has 1 amide bonds. The Labute approximate surface area is 109 Å². The monoisotopic (exact) mass is 262 g/mol. The molecule has 2 aromatic heterocycles. The van der Waals surface area contributed by atoms with E-state index in [0.717, 1.165) is 6.54 Å². The first kappa shape index (κ1) is 12.4. The number of nitrogen functional groups attached to an aromatic ring is 1. The van der Waals surface area contributed by atoms with E-state index < -0.39 is 5.91 Å². The zero-order valence-corrected chi connectivity index (χ0v) is 10.8. The van der Waals surface area contributed by atoms with Crippen molar-refractivity contribution in [2.75, 3.05) is 17.7 Å². The highest BCUT2D eigenvalue weighted by atomic mass is 32.1. The number of rotatable bonds is 4. The highest BCUT2D eigenvalue weighted by Crippen LogP contribution is 2.19. The van der Waals surface area contributed by atoms with Gasteiger partial charge in [0.05, 0.1) is 24.0 Å². The summed E-state index contributed by atoms with van der Waals surface area (Å²) in [6.07, 6.45) is 1.46. The Morgan fingerprint density at radius 3 is 2.94 bits per heavy atom. The SMILES string of the molecule is CN(Cc1cccs1)c1cc(C(N)=O)c(N)cn1. The summed E-state index contributed by atoms with van der Waals surface area (Å²) in [5, 5.41) is 2.02. The molecule has 0 saturated heterocycles. The van der Waals surface area contributed by atoms with E-state index in [1.54, 1.807) is 17.4 Å². The van der Waals surface area contributed by atoms with Gasteiger partial charge >= 0.3 is 0 Å². The van der Waals surface area contributed by atoms with Crippen LogP contribution >= 0.6 is 11.3 Å². The van der Waals surface area contributed by atoms with E-state index in [-0.39, 0.29) is 0 Å². The first-order valence-corrected chi connectivity index (χ1v) is 6.24. The van der Waals surface area contributed by atoms with Crippen LogP contribution in [-0.2, 0) is 6.54 Å². The van der Waals surface area contributed by atoms with E-state index in [1.807, 2.05) is 29.5 Å². The van der Waals surface area contributed by atoms with Gasteiger partial charge in [0.25, 0.3) is 5.91 Å². The van der Waals surface area contributed by atoms with Crippen molar-refractivity contribution in [3.8, 4) is 0 Å². The molecule has 2 rings (SSSR count). The fourth-order valence-corrected chi connectivity index (χ4v) is 2.35. The second kappa shape index (κ2) is 5.05. The fourth-order valence-electron chi connectivity index (χ4n) is 1.59. The van der Waals surface area contributed by atoms with E-state index in [2.05, 4.69) is 4.98 Å². The third kappa shape index (κ3) is 2.60. The number of thiophene rings is 1. The van der Waals surface area contributed by atoms with E-state index in [9.17, 15) is 4.79 Å². The number of nitrogens with zero attached hydrogens (tertiary/aromatic N) is 2. The predicted octanol–water partition coefficient (Wildman–Crippen LogP) is 1.46. The molecule has 0 atom stereocenters. The summed E-state index contributed by atoms with van der Waals surface area (Å²) >= 11 is 1.67. The van der Waals surface area contributed by atoms with Crippen molar-refractivity contribution in [1.82, 2.24) is 4.98 Å². The fraction of sp³-hybridized carbons (Fsp3) is 0.167. The summed E-state index contributed by atoms with van der Waals surface area (Å²) in [6.45, 7) is 0.729. The van der Waals surface area contributed by atoms with Crippen molar-refractivity contribution in [2.45, 2.75) is 6.54 Å². The number of carbonyl (C=O) groups excluding carboxylic acids is 1. The van der Waals surface area contributed by atoms with Crippen LogP contribution in [0, 0.1) is 0 Å². The molecule has 0 spiro atoms. The molecule has 0 fully saturated rings. The minimum atomic E-state index is -0.541. The number of hydrogen-bond acceptors (Lipinski definition) is 5. The standard InChI is InChI=1S/C12H14N4OS/c1-16(7-8-3-2-4-18-8)11-5-9(12(14)17)10(13)6-15-11/h2-6H,7,13H2,1H3,(H2,14,17). The van der Waals surface area contributed by atoms with Crippen LogP contribution in [0.3, 0.4) is 0 Å². The van der Waals surface area contributed by atoms with Crippen LogP contribution in [0.25, 0.3) is 0 Å². The van der Waals surface area contributed by atoms with E-state index in [4.69, 9.17) is 11.5 Å². The van der Waals surface area contributed by atoms with Gasteiger partial charge in [0, 0.05) is 11.9 Å². The molecule has 0 aliphatic heterocycles. The molecule has 0 unspecified atom stereocenters. The van der Waals surface area contributed by atoms with Crippen molar-refractivity contribution in [1.29, 1.82) is 0 Å². The normalized spacial score (nSPS) is 10.3. The highest BCUT2D eigenvalue weighted by molar-refractivity contribution is 7.09. The van der Waals surface area contributed by atoms with Gasteiger partial charge in [-0.15, -0.1) is 11.3 Å². The molecule has 6 heteroatoms. The van der Waals surface area contributed by atoms with Crippen molar-refractivity contribution in [3.63, 3.8) is 0 Å². The van der Waals surface area contributed by atoms with Crippen LogP contribution in [0.2, 0.25) is 0 Å². The zero-order valence-electron chi connectivity index (χ0n) is 9.96. The van der Waals surface area contributed by atoms with Gasteiger partial charge in [0.15, 0.2) is 0 Å². The molecule has 18 heavy (non-hydrogen) atoms. The largest absolute Gasteiger partial charge is 0.397 e. The number of amides is 1. The van der Waals surface area contributed by atoms with Crippen LogP contribution in [0.5, 0.6) is 0 Å².